The molecule has 1 aromatic carbocycles. The second-order valence-electron chi connectivity index (χ2n) is 2.48. The normalized spacial score (nSPS) is 10.8. The van der Waals surface area contributed by atoms with Crippen molar-refractivity contribution in [1.29, 1.82) is 0 Å². The zero-order chi connectivity index (χ0) is 8.81. The van der Waals surface area contributed by atoms with Crippen LogP contribution in [0.1, 0.15) is 5.56 Å². The fourth-order valence-corrected chi connectivity index (χ4v) is 0.914. The first kappa shape index (κ1) is 8.94. The monoisotopic (exact) mass is 165 g/mol. The number of benzene rings is 1. The van der Waals surface area contributed by atoms with E-state index in [0.717, 1.165) is 6.54 Å². The summed E-state index contributed by atoms with van der Waals surface area (Å²) in [6.45, 7) is 0.758. The van der Waals surface area contributed by atoms with Crippen molar-refractivity contribution in [1.82, 2.24) is 5.32 Å². The lowest BCUT2D eigenvalue weighted by Crippen LogP contribution is -2.03. The van der Waals surface area contributed by atoms with E-state index in [1.54, 1.807) is 18.2 Å². The van der Waals surface area contributed by atoms with Crippen LogP contribution in [0, 0.1) is 5.82 Å². The number of halogens is 1. The van der Waals surface area contributed by atoms with Crippen LogP contribution < -0.4 is 5.32 Å². The van der Waals surface area contributed by atoms with Gasteiger partial charge in [0.05, 0.1) is 0 Å². The zero-order valence-corrected chi connectivity index (χ0v) is 7.05. The standard InChI is InChI=1S/C10H12FN/c1-12-8-4-6-9-5-2-3-7-10(9)11/h2-7,12H,8H2,1H3/b6-4+. The molecule has 0 saturated carbocycles. The molecule has 0 heterocycles. The van der Waals surface area contributed by atoms with Gasteiger partial charge in [-0.15, -0.1) is 0 Å². The summed E-state index contributed by atoms with van der Waals surface area (Å²) >= 11 is 0. The van der Waals surface area contributed by atoms with Gasteiger partial charge in [0.1, 0.15) is 5.82 Å². The highest BCUT2D eigenvalue weighted by Gasteiger charge is 1.93. The smallest absolute Gasteiger partial charge is 0.130 e. The van der Waals surface area contributed by atoms with E-state index in [0.29, 0.717) is 5.56 Å². The molecule has 0 amide bonds. The molecule has 0 spiro atoms. The second-order valence-corrected chi connectivity index (χ2v) is 2.48. The van der Waals surface area contributed by atoms with Gasteiger partial charge >= 0.3 is 0 Å². The van der Waals surface area contributed by atoms with Gasteiger partial charge in [-0.1, -0.05) is 30.4 Å². The van der Waals surface area contributed by atoms with Crippen molar-refractivity contribution in [3.05, 3.63) is 41.7 Å². The first-order valence-electron chi connectivity index (χ1n) is 3.90. The number of likely N-dealkylation sites (N-methyl/N-ethyl adjacent to an activating group) is 1. The van der Waals surface area contributed by atoms with E-state index in [-0.39, 0.29) is 5.82 Å². The van der Waals surface area contributed by atoms with Gasteiger partial charge in [-0.05, 0) is 13.1 Å². The summed E-state index contributed by atoms with van der Waals surface area (Å²) in [6, 6.07) is 6.72. The molecule has 1 nitrogen and oxygen atoms in total. The summed E-state index contributed by atoms with van der Waals surface area (Å²) in [5.74, 6) is -0.176. The summed E-state index contributed by atoms with van der Waals surface area (Å²) in [4.78, 5) is 0. The average molecular weight is 165 g/mol. The third-order valence-electron chi connectivity index (χ3n) is 1.52. The average Bonchev–Trinajstić information content (AvgIpc) is 2.09. The van der Waals surface area contributed by atoms with Crippen LogP contribution in [0.4, 0.5) is 4.39 Å². The minimum atomic E-state index is -0.176. The van der Waals surface area contributed by atoms with Crippen molar-refractivity contribution in [2.24, 2.45) is 0 Å². The molecule has 0 bridgehead atoms. The van der Waals surface area contributed by atoms with Gasteiger partial charge < -0.3 is 5.32 Å². The number of hydrogen-bond acceptors (Lipinski definition) is 1. The maximum Gasteiger partial charge on any atom is 0.130 e. The highest BCUT2D eigenvalue weighted by atomic mass is 19.1. The lowest BCUT2D eigenvalue weighted by Gasteiger charge is -1.94. The van der Waals surface area contributed by atoms with Crippen molar-refractivity contribution in [2.45, 2.75) is 0 Å². The highest BCUT2D eigenvalue weighted by molar-refractivity contribution is 5.49. The van der Waals surface area contributed by atoms with E-state index < -0.39 is 0 Å². The molecule has 0 aromatic heterocycles. The fourth-order valence-electron chi connectivity index (χ4n) is 0.914. The molecule has 0 atom stereocenters. The largest absolute Gasteiger partial charge is 0.316 e. The van der Waals surface area contributed by atoms with Crippen LogP contribution in [-0.2, 0) is 0 Å². The Morgan fingerprint density at radius 2 is 2.17 bits per heavy atom. The fraction of sp³-hybridized carbons (Fsp3) is 0.200. The van der Waals surface area contributed by atoms with E-state index in [1.165, 1.54) is 6.07 Å². The van der Waals surface area contributed by atoms with Gasteiger partial charge in [-0.2, -0.15) is 0 Å². The highest BCUT2D eigenvalue weighted by Crippen LogP contribution is 2.07. The lowest BCUT2D eigenvalue weighted by molar-refractivity contribution is 0.625. The first-order chi connectivity index (χ1) is 5.84. The SMILES string of the molecule is CNC/C=C/c1ccccc1F. The molecule has 0 radical (unpaired) electrons. The van der Waals surface area contributed by atoms with Gasteiger partial charge in [0.2, 0.25) is 0 Å². The molecule has 0 aliphatic rings. The summed E-state index contributed by atoms with van der Waals surface area (Å²) in [5, 5.41) is 2.95. The Hall–Kier alpha value is -1.15. The Bertz CT molecular complexity index is 268. The minimum absolute atomic E-state index is 0.176. The molecule has 0 unspecified atom stereocenters. The molecule has 1 aromatic rings. The van der Waals surface area contributed by atoms with Crippen LogP contribution in [0.3, 0.4) is 0 Å². The molecule has 0 saturated heterocycles. The van der Waals surface area contributed by atoms with Gasteiger partial charge in [-0.3, -0.25) is 0 Å². The predicted octanol–water partition coefficient (Wildman–Crippen LogP) is 2.06. The topological polar surface area (TPSA) is 12.0 Å². The molecule has 1 rings (SSSR count). The van der Waals surface area contributed by atoms with E-state index >= 15 is 0 Å². The maximum absolute atomic E-state index is 12.9. The van der Waals surface area contributed by atoms with Crippen molar-refractivity contribution in [3.8, 4) is 0 Å². The molecule has 2 heteroatoms. The number of rotatable bonds is 3. The third-order valence-corrected chi connectivity index (χ3v) is 1.52. The predicted molar refractivity (Wildman–Crippen MR) is 49.4 cm³/mol. The van der Waals surface area contributed by atoms with E-state index in [2.05, 4.69) is 5.32 Å². The van der Waals surface area contributed by atoms with E-state index in [1.807, 2.05) is 19.2 Å². The Morgan fingerprint density at radius 3 is 2.83 bits per heavy atom. The lowest BCUT2D eigenvalue weighted by atomic mass is 10.2. The summed E-state index contributed by atoms with van der Waals surface area (Å²) in [7, 11) is 1.85. The zero-order valence-electron chi connectivity index (χ0n) is 7.05. The van der Waals surface area contributed by atoms with Crippen LogP contribution >= 0.6 is 0 Å². The summed E-state index contributed by atoms with van der Waals surface area (Å²) < 4.78 is 12.9. The van der Waals surface area contributed by atoms with Gasteiger partial charge in [0.15, 0.2) is 0 Å². The molecular formula is C10H12FN. The van der Waals surface area contributed by atoms with Gasteiger partial charge in [0.25, 0.3) is 0 Å². The van der Waals surface area contributed by atoms with E-state index in [4.69, 9.17) is 0 Å². The second kappa shape index (κ2) is 4.67. The van der Waals surface area contributed by atoms with Gasteiger partial charge in [0, 0.05) is 12.1 Å². The number of nitrogens with one attached hydrogen (secondary N) is 1. The quantitative estimate of drug-likeness (QED) is 0.722. The van der Waals surface area contributed by atoms with Crippen LogP contribution in [-0.4, -0.2) is 13.6 Å². The molecule has 1 N–H and O–H groups in total. The Balaban J connectivity index is 2.68. The van der Waals surface area contributed by atoms with Crippen LogP contribution in [0.25, 0.3) is 6.08 Å². The Labute approximate surface area is 71.9 Å². The van der Waals surface area contributed by atoms with Crippen LogP contribution in [0.5, 0.6) is 0 Å². The van der Waals surface area contributed by atoms with E-state index in [9.17, 15) is 4.39 Å². The molecular weight excluding hydrogens is 153 g/mol. The van der Waals surface area contributed by atoms with Gasteiger partial charge in [-0.25, -0.2) is 4.39 Å². The van der Waals surface area contributed by atoms with Crippen molar-refractivity contribution >= 4 is 6.08 Å². The number of hydrogen-bond donors (Lipinski definition) is 1. The summed E-state index contributed by atoms with van der Waals surface area (Å²) in [5.41, 5.74) is 0.632. The molecule has 0 fully saturated rings. The minimum Gasteiger partial charge on any atom is -0.316 e. The Kier molecular flexibility index (Phi) is 3.48. The Morgan fingerprint density at radius 1 is 1.42 bits per heavy atom. The first-order valence-corrected chi connectivity index (χ1v) is 3.90. The summed E-state index contributed by atoms with van der Waals surface area (Å²) in [6.07, 6.45) is 3.66. The van der Waals surface area contributed by atoms with Crippen molar-refractivity contribution < 1.29 is 4.39 Å². The van der Waals surface area contributed by atoms with Crippen LogP contribution in [0.15, 0.2) is 30.3 Å². The third kappa shape index (κ3) is 2.47. The molecule has 0 aliphatic carbocycles. The molecule has 0 aliphatic heterocycles. The van der Waals surface area contributed by atoms with Crippen LogP contribution in [0.2, 0.25) is 0 Å². The molecule has 12 heavy (non-hydrogen) atoms. The van der Waals surface area contributed by atoms with Crippen molar-refractivity contribution in [2.75, 3.05) is 13.6 Å². The molecule has 64 valence electrons. The maximum atomic E-state index is 12.9. The van der Waals surface area contributed by atoms with Crippen molar-refractivity contribution in [3.63, 3.8) is 0 Å².